The number of nitrogens with one attached hydrogen (secondary N) is 1. The van der Waals surface area contributed by atoms with Crippen molar-refractivity contribution in [3.63, 3.8) is 0 Å². The molecular formula is C14H13N3O. The first-order valence-electron chi connectivity index (χ1n) is 5.51. The summed E-state index contributed by atoms with van der Waals surface area (Å²) in [7, 11) is 1.58. The summed E-state index contributed by atoms with van der Waals surface area (Å²) in [4.78, 5) is 4.12. The van der Waals surface area contributed by atoms with Crippen molar-refractivity contribution < 1.29 is 4.74 Å². The van der Waals surface area contributed by atoms with Gasteiger partial charge in [0, 0.05) is 11.8 Å². The number of ether oxygens (including phenoxy) is 1. The first-order chi connectivity index (χ1) is 8.72. The fraction of sp³-hybridized carbons (Fsp3) is 0.143. The molecule has 1 aromatic heterocycles. The molecule has 1 heterocycles. The normalized spacial score (nSPS) is 9.61. The number of methoxy groups -OCH3 is 1. The van der Waals surface area contributed by atoms with E-state index in [-0.39, 0.29) is 0 Å². The van der Waals surface area contributed by atoms with Crippen molar-refractivity contribution in [2.24, 2.45) is 0 Å². The van der Waals surface area contributed by atoms with Crippen LogP contribution >= 0.6 is 0 Å². The Kier molecular flexibility index (Phi) is 3.44. The third kappa shape index (κ3) is 2.58. The van der Waals surface area contributed by atoms with E-state index in [4.69, 9.17) is 10.00 Å². The van der Waals surface area contributed by atoms with Gasteiger partial charge in [-0.3, -0.25) is 0 Å². The molecule has 90 valence electrons. The number of anilines is 2. The van der Waals surface area contributed by atoms with Crippen LogP contribution in [0.2, 0.25) is 0 Å². The summed E-state index contributed by atoms with van der Waals surface area (Å²) in [6.45, 7) is 1.96. The summed E-state index contributed by atoms with van der Waals surface area (Å²) in [5.41, 5.74) is 3.51. The van der Waals surface area contributed by atoms with Crippen LogP contribution in [0.5, 0.6) is 5.88 Å². The molecule has 0 atom stereocenters. The van der Waals surface area contributed by atoms with Crippen molar-refractivity contribution in [3.05, 3.63) is 47.7 Å². The monoisotopic (exact) mass is 239 g/mol. The van der Waals surface area contributed by atoms with Crippen LogP contribution in [0.15, 0.2) is 36.5 Å². The predicted octanol–water partition coefficient (Wildman–Crippen LogP) is 3.01. The summed E-state index contributed by atoms with van der Waals surface area (Å²) in [6.07, 6.45) is 1.70. The van der Waals surface area contributed by atoms with E-state index in [0.29, 0.717) is 11.4 Å². The fourth-order valence-corrected chi connectivity index (χ4v) is 1.60. The summed E-state index contributed by atoms with van der Waals surface area (Å²) in [6, 6.07) is 11.3. The Balaban J connectivity index is 2.20. The average Bonchev–Trinajstić information content (AvgIpc) is 2.42. The van der Waals surface area contributed by atoms with Gasteiger partial charge in [-0.25, -0.2) is 4.98 Å². The van der Waals surface area contributed by atoms with Gasteiger partial charge in [-0.05, 0) is 36.8 Å². The molecule has 0 saturated carbocycles. The van der Waals surface area contributed by atoms with Gasteiger partial charge in [-0.15, -0.1) is 0 Å². The minimum Gasteiger partial charge on any atom is -0.481 e. The van der Waals surface area contributed by atoms with Crippen LogP contribution in [0.25, 0.3) is 0 Å². The highest BCUT2D eigenvalue weighted by Gasteiger charge is 2.01. The molecule has 0 amide bonds. The molecule has 2 aromatic rings. The Morgan fingerprint density at radius 2 is 2.11 bits per heavy atom. The SMILES string of the molecule is COc1ccc(Nc2ccc(C#N)cc2C)cn1. The standard InChI is InChI=1S/C14H13N3O/c1-10-7-11(8-15)3-5-13(10)17-12-4-6-14(18-2)16-9-12/h3-7,9,17H,1-2H3. The molecule has 0 aliphatic carbocycles. The maximum atomic E-state index is 8.81. The van der Waals surface area contributed by atoms with Crippen LogP contribution in [-0.4, -0.2) is 12.1 Å². The molecule has 1 N–H and O–H groups in total. The van der Waals surface area contributed by atoms with Gasteiger partial charge in [0.15, 0.2) is 0 Å². The number of aromatic nitrogens is 1. The second-order valence-corrected chi connectivity index (χ2v) is 3.86. The van der Waals surface area contributed by atoms with Gasteiger partial charge >= 0.3 is 0 Å². The minimum absolute atomic E-state index is 0.581. The quantitative estimate of drug-likeness (QED) is 0.894. The summed E-state index contributed by atoms with van der Waals surface area (Å²) in [5.74, 6) is 0.581. The Labute approximate surface area is 106 Å². The second kappa shape index (κ2) is 5.19. The highest BCUT2D eigenvalue weighted by Crippen LogP contribution is 2.21. The van der Waals surface area contributed by atoms with Crippen LogP contribution < -0.4 is 10.1 Å². The highest BCUT2D eigenvalue weighted by atomic mass is 16.5. The van der Waals surface area contributed by atoms with Gasteiger partial charge in [-0.1, -0.05) is 0 Å². The number of nitriles is 1. The van der Waals surface area contributed by atoms with E-state index < -0.39 is 0 Å². The Morgan fingerprint density at radius 1 is 1.28 bits per heavy atom. The molecule has 2 rings (SSSR count). The maximum Gasteiger partial charge on any atom is 0.213 e. The van der Waals surface area contributed by atoms with Crippen molar-refractivity contribution in [3.8, 4) is 11.9 Å². The zero-order chi connectivity index (χ0) is 13.0. The average molecular weight is 239 g/mol. The highest BCUT2D eigenvalue weighted by molar-refractivity contribution is 5.63. The number of rotatable bonds is 3. The summed E-state index contributed by atoms with van der Waals surface area (Å²) >= 11 is 0. The van der Waals surface area contributed by atoms with Gasteiger partial charge in [0.25, 0.3) is 0 Å². The Morgan fingerprint density at radius 3 is 2.67 bits per heavy atom. The fourth-order valence-electron chi connectivity index (χ4n) is 1.60. The molecule has 0 fully saturated rings. The summed E-state index contributed by atoms with van der Waals surface area (Å²) in [5, 5.41) is 12.1. The molecule has 0 aliphatic rings. The molecule has 18 heavy (non-hydrogen) atoms. The first kappa shape index (κ1) is 11.9. The van der Waals surface area contributed by atoms with Crippen molar-refractivity contribution in [2.75, 3.05) is 12.4 Å². The molecule has 4 nitrogen and oxygen atoms in total. The zero-order valence-corrected chi connectivity index (χ0v) is 10.3. The van der Waals surface area contributed by atoms with Gasteiger partial charge in [-0.2, -0.15) is 5.26 Å². The van der Waals surface area contributed by atoms with Crippen LogP contribution in [0.4, 0.5) is 11.4 Å². The molecule has 0 unspecified atom stereocenters. The molecule has 4 heteroatoms. The maximum absolute atomic E-state index is 8.81. The lowest BCUT2D eigenvalue weighted by Crippen LogP contribution is -1.95. The molecule has 0 aliphatic heterocycles. The largest absolute Gasteiger partial charge is 0.481 e. The molecule has 1 aromatic carbocycles. The predicted molar refractivity (Wildman–Crippen MR) is 70.0 cm³/mol. The van der Waals surface area contributed by atoms with Gasteiger partial charge in [0.1, 0.15) is 0 Å². The van der Waals surface area contributed by atoms with E-state index in [9.17, 15) is 0 Å². The van der Waals surface area contributed by atoms with Crippen molar-refractivity contribution in [2.45, 2.75) is 6.92 Å². The van der Waals surface area contributed by atoms with Gasteiger partial charge < -0.3 is 10.1 Å². The molecular weight excluding hydrogens is 226 g/mol. The van der Waals surface area contributed by atoms with Crippen molar-refractivity contribution in [1.82, 2.24) is 4.98 Å². The third-order valence-electron chi connectivity index (χ3n) is 2.58. The van der Waals surface area contributed by atoms with E-state index >= 15 is 0 Å². The van der Waals surface area contributed by atoms with Crippen molar-refractivity contribution >= 4 is 11.4 Å². The molecule has 0 spiro atoms. The van der Waals surface area contributed by atoms with E-state index in [1.54, 1.807) is 25.4 Å². The van der Waals surface area contributed by atoms with Crippen molar-refractivity contribution in [1.29, 1.82) is 5.26 Å². The molecule has 0 saturated heterocycles. The number of pyridine rings is 1. The van der Waals surface area contributed by atoms with E-state index in [0.717, 1.165) is 16.9 Å². The first-order valence-corrected chi connectivity index (χ1v) is 5.51. The number of hydrogen-bond acceptors (Lipinski definition) is 4. The lowest BCUT2D eigenvalue weighted by Gasteiger charge is -2.09. The van der Waals surface area contributed by atoms with Gasteiger partial charge in [0.05, 0.1) is 30.6 Å². The number of nitrogens with zero attached hydrogens (tertiary/aromatic N) is 2. The zero-order valence-electron chi connectivity index (χ0n) is 10.3. The molecule has 0 bridgehead atoms. The smallest absolute Gasteiger partial charge is 0.213 e. The van der Waals surface area contributed by atoms with Crippen LogP contribution in [0.1, 0.15) is 11.1 Å². The second-order valence-electron chi connectivity index (χ2n) is 3.86. The lowest BCUT2D eigenvalue weighted by atomic mass is 10.1. The topological polar surface area (TPSA) is 57.9 Å². The minimum atomic E-state index is 0.581. The van der Waals surface area contributed by atoms with Crippen LogP contribution in [0, 0.1) is 18.3 Å². The van der Waals surface area contributed by atoms with Gasteiger partial charge in [0.2, 0.25) is 5.88 Å². The summed E-state index contributed by atoms with van der Waals surface area (Å²) < 4.78 is 5.00. The number of aryl methyl sites for hydroxylation is 1. The van der Waals surface area contributed by atoms with Crippen LogP contribution in [-0.2, 0) is 0 Å². The number of benzene rings is 1. The Bertz CT molecular complexity index is 585. The lowest BCUT2D eigenvalue weighted by molar-refractivity contribution is 0.398. The van der Waals surface area contributed by atoms with E-state index in [2.05, 4.69) is 16.4 Å². The third-order valence-corrected chi connectivity index (χ3v) is 2.58. The number of hydrogen-bond donors (Lipinski definition) is 1. The van der Waals surface area contributed by atoms with Crippen LogP contribution in [0.3, 0.4) is 0 Å². The molecule has 0 radical (unpaired) electrons. The van der Waals surface area contributed by atoms with E-state index in [1.165, 1.54) is 0 Å². The Hall–Kier alpha value is -2.54. The van der Waals surface area contributed by atoms with E-state index in [1.807, 2.05) is 25.1 Å².